The van der Waals surface area contributed by atoms with Gasteiger partial charge in [0.05, 0.1) is 10.7 Å². The zero-order chi connectivity index (χ0) is 26.9. The summed E-state index contributed by atoms with van der Waals surface area (Å²) in [5, 5.41) is 3.22. The van der Waals surface area contributed by atoms with Gasteiger partial charge in [0, 0.05) is 23.1 Å². The minimum atomic E-state index is -0.496. The lowest BCUT2D eigenvalue weighted by atomic mass is 9.67. The molecule has 1 aromatic rings. The van der Waals surface area contributed by atoms with Crippen LogP contribution in [0.25, 0.3) is 6.08 Å². The first-order valence-corrected chi connectivity index (χ1v) is 14.0. The smallest absolute Gasteiger partial charge is 0.141 e. The van der Waals surface area contributed by atoms with E-state index in [1.54, 1.807) is 18.3 Å². The molecule has 3 nitrogen and oxygen atoms in total. The second kappa shape index (κ2) is 14.1. The molecule has 0 N–H and O–H groups in total. The van der Waals surface area contributed by atoms with Gasteiger partial charge in [-0.05, 0) is 70.3 Å². The van der Waals surface area contributed by atoms with Crippen LogP contribution in [0.3, 0.4) is 0 Å². The number of aromatic nitrogens is 1. The molecule has 0 aliphatic rings. The summed E-state index contributed by atoms with van der Waals surface area (Å²) in [5.41, 5.74) is 3.29. The van der Waals surface area contributed by atoms with Gasteiger partial charge in [-0.2, -0.15) is 0 Å². The summed E-state index contributed by atoms with van der Waals surface area (Å²) in [7, 11) is 0. The molecule has 0 spiro atoms. The lowest BCUT2D eigenvalue weighted by molar-refractivity contribution is -0.136. The molecule has 0 saturated heterocycles. The molecule has 1 heterocycles. The molecule has 1 rings (SSSR count). The highest BCUT2D eigenvalue weighted by Gasteiger charge is 2.39. The summed E-state index contributed by atoms with van der Waals surface area (Å²) in [6.45, 7) is 22.7. The summed E-state index contributed by atoms with van der Waals surface area (Å²) in [4.78, 5) is 29.4. The van der Waals surface area contributed by atoms with Crippen LogP contribution < -0.4 is 0 Å². The Balaban J connectivity index is 2.64. The number of ketones is 2. The topological polar surface area (TPSA) is 47.0 Å². The number of carbonyl (C=O) groups excluding carboxylic acids is 2. The Morgan fingerprint density at radius 1 is 1.09 bits per heavy atom. The third-order valence-corrected chi connectivity index (χ3v) is 8.77. The monoisotopic (exact) mass is 499 g/mol. The minimum absolute atomic E-state index is 0.0483. The van der Waals surface area contributed by atoms with Gasteiger partial charge >= 0.3 is 0 Å². The van der Waals surface area contributed by atoms with Gasteiger partial charge in [-0.25, -0.2) is 4.98 Å². The van der Waals surface area contributed by atoms with Gasteiger partial charge in [0.15, 0.2) is 0 Å². The van der Waals surface area contributed by atoms with Gasteiger partial charge in [-0.1, -0.05) is 77.8 Å². The van der Waals surface area contributed by atoms with E-state index in [0.29, 0.717) is 18.3 Å². The normalized spacial score (nSPS) is 17.8. The summed E-state index contributed by atoms with van der Waals surface area (Å²) in [6.07, 6.45) is 11.5. The van der Waals surface area contributed by atoms with Gasteiger partial charge in [0.2, 0.25) is 0 Å². The largest absolute Gasteiger partial charge is 0.300 e. The van der Waals surface area contributed by atoms with E-state index in [1.165, 1.54) is 11.1 Å². The SMILES string of the molecule is CC(=O)C[C@H](C)C(C)(C)C(=O)[C@H](C)[C@@H](C)[C@@H](C)/C=C\C/C(C)=C\C[C@H](C)/C(C)=C/c1csc(C)n1. The van der Waals surface area contributed by atoms with Gasteiger partial charge in [-0.15, -0.1) is 11.3 Å². The molecule has 0 bridgehead atoms. The molecule has 0 unspecified atom stereocenters. The molecule has 196 valence electrons. The van der Waals surface area contributed by atoms with Gasteiger partial charge in [0.1, 0.15) is 11.6 Å². The molecule has 0 aliphatic carbocycles. The lowest BCUT2D eigenvalue weighted by Gasteiger charge is -2.35. The Hall–Kier alpha value is -1.81. The molecule has 5 atom stereocenters. The minimum Gasteiger partial charge on any atom is -0.300 e. The second-order valence-electron chi connectivity index (χ2n) is 11.4. The standard InChI is InChI=1S/C31H49NO2S/c1-20(15-16-21(2)23(4)17-29-19-35-28(9)32-29)13-12-14-22(3)26(7)27(8)30(34)31(10,11)24(5)18-25(6)33/h12,14-15,17,19,21-22,24,26-27H,13,16,18H2,1-11H3/b14-12-,20-15-,23-17+/t21-,22-,24-,26-,27+/m0/s1. The molecular formula is C31H49NO2S. The fourth-order valence-corrected chi connectivity index (χ4v) is 4.89. The molecule has 4 heteroatoms. The van der Waals surface area contributed by atoms with E-state index >= 15 is 0 Å². The van der Waals surface area contributed by atoms with Gasteiger partial charge in [-0.3, -0.25) is 4.79 Å². The average molecular weight is 500 g/mol. The maximum absolute atomic E-state index is 13.3. The van der Waals surface area contributed by atoms with E-state index in [2.05, 4.69) is 76.2 Å². The molecule has 0 aliphatic heterocycles. The predicted molar refractivity (Wildman–Crippen MR) is 153 cm³/mol. The van der Waals surface area contributed by atoms with E-state index in [9.17, 15) is 9.59 Å². The van der Waals surface area contributed by atoms with Crippen LogP contribution in [0.4, 0.5) is 0 Å². The van der Waals surface area contributed by atoms with Crippen molar-refractivity contribution in [3.05, 3.63) is 45.5 Å². The number of carbonyl (C=O) groups is 2. The van der Waals surface area contributed by atoms with Crippen molar-refractivity contribution in [2.24, 2.45) is 35.0 Å². The first-order valence-electron chi connectivity index (χ1n) is 13.1. The first kappa shape index (κ1) is 31.2. The zero-order valence-electron chi connectivity index (χ0n) is 24.1. The van der Waals surface area contributed by atoms with Crippen molar-refractivity contribution >= 4 is 29.0 Å². The predicted octanol–water partition coefficient (Wildman–Crippen LogP) is 8.89. The Bertz CT molecular complexity index is 934. The summed E-state index contributed by atoms with van der Waals surface area (Å²) in [5.74, 6) is 1.45. The number of hydrogen-bond acceptors (Lipinski definition) is 4. The molecule has 0 amide bonds. The quantitative estimate of drug-likeness (QED) is 0.240. The molecule has 35 heavy (non-hydrogen) atoms. The van der Waals surface area contributed by atoms with E-state index < -0.39 is 5.41 Å². The van der Waals surface area contributed by atoms with Crippen LogP contribution in [0.1, 0.15) is 99.2 Å². The van der Waals surface area contributed by atoms with E-state index in [0.717, 1.165) is 23.5 Å². The van der Waals surface area contributed by atoms with Crippen LogP contribution >= 0.6 is 11.3 Å². The molecule has 0 radical (unpaired) electrons. The van der Waals surface area contributed by atoms with Crippen LogP contribution in [0.15, 0.2) is 34.8 Å². The number of aryl methyl sites for hydroxylation is 1. The van der Waals surface area contributed by atoms with E-state index in [-0.39, 0.29) is 29.3 Å². The summed E-state index contributed by atoms with van der Waals surface area (Å²) < 4.78 is 0. The number of thiazole rings is 1. The van der Waals surface area contributed by atoms with E-state index in [1.807, 2.05) is 27.7 Å². The maximum atomic E-state index is 13.3. The highest BCUT2D eigenvalue weighted by atomic mass is 32.1. The van der Waals surface area contributed by atoms with Crippen molar-refractivity contribution < 1.29 is 9.59 Å². The van der Waals surface area contributed by atoms with Crippen LogP contribution in [0, 0.1) is 41.9 Å². The number of hydrogen-bond donors (Lipinski definition) is 0. The Labute approximate surface area is 219 Å². The number of allylic oxidation sites excluding steroid dienone is 5. The highest BCUT2D eigenvalue weighted by molar-refractivity contribution is 7.09. The van der Waals surface area contributed by atoms with Gasteiger partial charge in [0.25, 0.3) is 0 Å². The molecule has 0 fully saturated rings. The third-order valence-electron chi connectivity index (χ3n) is 7.98. The van der Waals surface area contributed by atoms with Crippen molar-refractivity contribution in [2.45, 2.75) is 95.4 Å². The van der Waals surface area contributed by atoms with Gasteiger partial charge < -0.3 is 4.79 Å². The Morgan fingerprint density at radius 3 is 2.26 bits per heavy atom. The fraction of sp³-hybridized carbons (Fsp3) is 0.645. The Morgan fingerprint density at radius 2 is 1.71 bits per heavy atom. The molecule has 0 aromatic carbocycles. The van der Waals surface area contributed by atoms with Crippen LogP contribution in [-0.4, -0.2) is 16.6 Å². The molecule has 1 aromatic heterocycles. The van der Waals surface area contributed by atoms with Crippen molar-refractivity contribution in [3.8, 4) is 0 Å². The fourth-order valence-electron chi connectivity index (χ4n) is 4.32. The first-order chi connectivity index (χ1) is 16.2. The van der Waals surface area contributed by atoms with Crippen molar-refractivity contribution in [3.63, 3.8) is 0 Å². The number of rotatable bonds is 14. The van der Waals surface area contributed by atoms with Crippen LogP contribution in [0.5, 0.6) is 0 Å². The number of Topliss-reactive ketones (excluding diaryl/α,β-unsaturated/α-hetero) is 2. The van der Waals surface area contributed by atoms with Crippen molar-refractivity contribution in [1.29, 1.82) is 0 Å². The zero-order valence-corrected chi connectivity index (χ0v) is 24.9. The summed E-state index contributed by atoms with van der Waals surface area (Å²) >= 11 is 1.69. The van der Waals surface area contributed by atoms with Crippen LogP contribution in [0.2, 0.25) is 0 Å². The summed E-state index contributed by atoms with van der Waals surface area (Å²) in [6, 6.07) is 0. The third kappa shape index (κ3) is 9.99. The average Bonchev–Trinajstić information content (AvgIpc) is 3.19. The molecular weight excluding hydrogens is 450 g/mol. The van der Waals surface area contributed by atoms with Crippen molar-refractivity contribution in [1.82, 2.24) is 4.98 Å². The number of nitrogens with zero attached hydrogens (tertiary/aromatic N) is 1. The maximum Gasteiger partial charge on any atom is 0.141 e. The lowest BCUT2D eigenvalue weighted by Crippen LogP contribution is -2.39. The molecule has 0 saturated carbocycles. The van der Waals surface area contributed by atoms with Crippen molar-refractivity contribution in [2.75, 3.05) is 0 Å². The second-order valence-corrected chi connectivity index (χ2v) is 12.5. The van der Waals surface area contributed by atoms with E-state index in [4.69, 9.17) is 0 Å². The highest BCUT2D eigenvalue weighted by Crippen LogP contribution is 2.36. The Kier molecular flexibility index (Phi) is 12.5. The van der Waals surface area contributed by atoms with Crippen LogP contribution in [-0.2, 0) is 9.59 Å².